The maximum Gasteiger partial charge on any atom is 0.0595 e. The monoisotopic (exact) mass is 301 g/mol. The minimum Gasteiger partial charge on any atom is -0.312 e. The van der Waals surface area contributed by atoms with Crippen molar-refractivity contribution < 1.29 is 0 Å². The van der Waals surface area contributed by atoms with Crippen molar-refractivity contribution in [2.75, 3.05) is 6.54 Å². The molecule has 1 rings (SSSR count). The Morgan fingerprint density at radius 1 is 1.00 bits per heavy atom. The second-order valence-electron chi connectivity index (χ2n) is 7.02. The van der Waals surface area contributed by atoms with E-state index in [-0.39, 0.29) is 11.0 Å². The molecule has 0 radical (unpaired) electrons. The van der Waals surface area contributed by atoms with Crippen LogP contribution in [0.1, 0.15) is 46.6 Å². The Kier molecular flexibility index (Phi) is 5.73. The number of rotatable bonds is 5. The van der Waals surface area contributed by atoms with Gasteiger partial charge in [-0.15, -0.1) is 0 Å². The van der Waals surface area contributed by atoms with Crippen LogP contribution in [0, 0.1) is 5.41 Å². The van der Waals surface area contributed by atoms with Crippen LogP contribution in [0.2, 0.25) is 10.0 Å². The van der Waals surface area contributed by atoms with Crippen LogP contribution in [-0.2, 0) is 6.42 Å². The molecule has 1 aromatic carbocycles. The van der Waals surface area contributed by atoms with Gasteiger partial charge in [0.25, 0.3) is 0 Å². The molecule has 0 unspecified atom stereocenters. The Hall–Kier alpha value is -0.240. The van der Waals surface area contributed by atoms with Crippen LogP contribution in [0.3, 0.4) is 0 Å². The highest BCUT2D eigenvalue weighted by Gasteiger charge is 2.20. The fraction of sp³-hybridized carbons (Fsp3) is 0.625. The molecule has 0 saturated heterocycles. The molecule has 0 saturated carbocycles. The van der Waals surface area contributed by atoms with E-state index < -0.39 is 0 Å². The third kappa shape index (κ3) is 6.65. The average molecular weight is 302 g/mol. The zero-order valence-electron chi connectivity index (χ0n) is 12.6. The fourth-order valence-electron chi connectivity index (χ4n) is 2.07. The summed E-state index contributed by atoms with van der Waals surface area (Å²) in [6.45, 7) is 12.2. The SMILES string of the molecule is CC(C)(CCNC(C)(C)C)Cc1ccc(Cl)c(Cl)c1. The van der Waals surface area contributed by atoms with Gasteiger partial charge in [-0.25, -0.2) is 0 Å². The first-order chi connectivity index (χ1) is 8.59. The van der Waals surface area contributed by atoms with Gasteiger partial charge in [0.2, 0.25) is 0 Å². The summed E-state index contributed by atoms with van der Waals surface area (Å²) >= 11 is 12.0. The van der Waals surface area contributed by atoms with Crippen LogP contribution in [0.5, 0.6) is 0 Å². The van der Waals surface area contributed by atoms with E-state index in [1.165, 1.54) is 5.56 Å². The minimum absolute atomic E-state index is 0.180. The molecule has 0 aliphatic carbocycles. The van der Waals surface area contributed by atoms with Crippen LogP contribution in [0.4, 0.5) is 0 Å². The molecule has 19 heavy (non-hydrogen) atoms. The third-order valence-electron chi connectivity index (χ3n) is 3.12. The molecule has 0 fully saturated rings. The van der Waals surface area contributed by atoms with Gasteiger partial charge in [0.05, 0.1) is 10.0 Å². The lowest BCUT2D eigenvalue weighted by atomic mass is 9.82. The van der Waals surface area contributed by atoms with Gasteiger partial charge in [0, 0.05) is 5.54 Å². The molecule has 0 bridgehead atoms. The maximum atomic E-state index is 6.06. The minimum atomic E-state index is 0.180. The van der Waals surface area contributed by atoms with Crippen LogP contribution < -0.4 is 5.32 Å². The molecule has 1 nitrogen and oxygen atoms in total. The lowest BCUT2D eigenvalue weighted by molar-refractivity contribution is 0.302. The number of hydrogen-bond acceptors (Lipinski definition) is 1. The third-order valence-corrected chi connectivity index (χ3v) is 3.86. The van der Waals surface area contributed by atoms with Crippen molar-refractivity contribution in [2.24, 2.45) is 5.41 Å². The van der Waals surface area contributed by atoms with Gasteiger partial charge in [0.1, 0.15) is 0 Å². The topological polar surface area (TPSA) is 12.0 Å². The average Bonchev–Trinajstić information content (AvgIpc) is 2.20. The van der Waals surface area contributed by atoms with Gasteiger partial charge < -0.3 is 5.32 Å². The molecule has 0 aromatic heterocycles. The lowest BCUT2D eigenvalue weighted by Gasteiger charge is -2.28. The summed E-state index contributed by atoms with van der Waals surface area (Å²) in [5.74, 6) is 0. The molecular weight excluding hydrogens is 277 g/mol. The van der Waals surface area contributed by atoms with Gasteiger partial charge in [0.15, 0.2) is 0 Å². The summed E-state index contributed by atoms with van der Waals surface area (Å²) in [6.07, 6.45) is 2.14. The Morgan fingerprint density at radius 2 is 1.63 bits per heavy atom. The summed E-state index contributed by atoms with van der Waals surface area (Å²) in [7, 11) is 0. The summed E-state index contributed by atoms with van der Waals surface area (Å²) < 4.78 is 0. The first-order valence-electron chi connectivity index (χ1n) is 6.78. The quantitative estimate of drug-likeness (QED) is 0.774. The highest BCUT2D eigenvalue weighted by Crippen LogP contribution is 2.29. The van der Waals surface area contributed by atoms with Gasteiger partial charge in [-0.3, -0.25) is 0 Å². The predicted molar refractivity (Wildman–Crippen MR) is 86.3 cm³/mol. The molecule has 3 heteroatoms. The number of benzene rings is 1. The first kappa shape index (κ1) is 16.8. The van der Waals surface area contributed by atoms with E-state index in [2.05, 4.69) is 46.0 Å². The van der Waals surface area contributed by atoms with E-state index >= 15 is 0 Å². The van der Waals surface area contributed by atoms with Crippen LogP contribution >= 0.6 is 23.2 Å². The Labute approximate surface area is 127 Å². The smallest absolute Gasteiger partial charge is 0.0595 e. The fourth-order valence-corrected chi connectivity index (χ4v) is 2.39. The van der Waals surface area contributed by atoms with Gasteiger partial charge in [-0.1, -0.05) is 43.1 Å². The first-order valence-corrected chi connectivity index (χ1v) is 7.54. The molecule has 0 amide bonds. The van der Waals surface area contributed by atoms with Gasteiger partial charge in [-0.05, 0) is 63.3 Å². The van der Waals surface area contributed by atoms with Crippen molar-refractivity contribution in [3.63, 3.8) is 0 Å². The van der Waals surface area contributed by atoms with E-state index in [1.54, 1.807) is 0 Å². The van der Waals surface area contributed by atoms with Crippen molar-refractivity contribution in [1.29, 1.82) is 0 Å². The summed E-state index contributed by atoms with van der Waals surface area (Å²) in [5, 5.41) is 4.80. The Bertz CT molecular complexity index is 419. The zero-order chi connectivity index (χ0) is 14.7. The maximum absolute atomic E-state index is 6.06. The van der Waals surface area contributed by atoms with E-state index in [4.69, 9.17) is 23.2 Å². The van der Waals surface area contributed by atoms with E-state index in [0.717, 1.165) is 19.4 Å². The highest BCUT2D eigenvalue weighted by molar-refractivity contribution is 6.42. The van der Waals surface area contributed by atoms with Gasteiger partial charge >= 0.3 is 0 Å². The molecule has 0 heterocycles. The van der Waals surface area contributed by atoms with Crippen LogP contribution in [-0.4, -0.2) is 12.1 Å². The van der Waals surface area contributed by atoms with E-state index in [0.29, 0.717) is 10.0 Å². The van der Waals surface area contributed by atoms with E-state index in [1.807, 2.05) is 12.1 Å². The molecule has 1 aromatic rings. The molecular formula is C16H25Cl2N. The lowest BCUT2D eigenvalue weighted by Crippen LogP contribution is -2.38. The standard InChI is InChI=1S/C16H25Cl2N/c1-15(2,3)19-9-8-16(4,5)11-12-6-7-13(17)14(18)10-12/h6-7,10,19H,8-9,11H2,1-5H3. The van der Waals surface area contributed by atoms with E-state index in [9.17, 15) is 0 Å². The Morgan fingerprint density at radius 3 is 2.16 bits per heavy atom. The van der Waals surface area contributed by atoms with Crippen molar-refractivity contribution in [1.82, 2.24) is 5.32 Å². The molecule has 1 N–H and O–H groups in total. The van der Waals surface area contributed by atoms with Crippen molar-refractivity contribution in [2.45, 2.75) is 53.0 Å². The normalized spacial score (nSPS) is 12.8. The number of hydrogen-bond donors (Lipinski definition) is 1. The van der Waals surface area contributed by atoms with Crippen molar-refractivity contribution >= 4 is 23.2 Å². The van der Waals surface area contributed by atoms with Crippen LogP contribution in [0.25, 0.3) is 0 Å². The molecule has 0 aliphatic rings. The molecule has 0 atom stereocenters. The Balaban J connectivity index is 2.56. The summed E-state index contributed by atoms with van der Waals surface area (Å²) in [4.78, 5) is 0. The highest BCUT2D eigenvalue weighted by atomic mass is 35.5. The second kappa shape index (κ2) is 6.47. The predicted octanol–water partition coefficient (Wildman–Crippen LogP) is 5.34. The van der Waals surface area contributed by atoms with Crippen LogP contribution in [0.15, 0.2) is 18.2 Å². The van der Waals surface area contributed by atoms with Crippen molar-refractivity contribution in [3.8, 4) is 0 Å². The largest absolute Gasteiger partial charge is 0.312 e. The number of halogens is 2. The molecule has 0 spiro atoms. The number of nitrogens with one attached hydrogen (secondary N) is 1. The van der Waals surface area contributed by atoms with Gasteiger partial charge in [-0.2, -0.15) is 0 Å². The van der Waals surface area contributed by atoms with Crippen molar-refractivity contribution in [3.05, 3.63) is 33.8 Å². The molecule has 0 aliphatic heterocycles. The molecule has 108 valence electrons. The summed E-state index contributed by atoms with van der Waals surface area (Å²) in [5.41, 5.74) is 1.67. The zero-order valence-corrected chi connectivity index (χ0v) is 14.1. The summed E-state index contributed by atoms with van der Waals surface area (Å²) in [6, 6.07) is 5.92. The second-order valence-corrected chi connectivity index (χ2v) is 7.83.